The minimum atomic E-state index is 0. The number of ether oxygens (including phenoxy) is 1. The van der Waals surface area contributed by atoms with Gasteiger partial charge in [-0.05, 0) is 64.9 Å². The first-order valence-corrected chi connectivity index (χ1v) is 11.1. The number of hydrogen-bond acceptors (Lipinski definition) is 4. The van der Waals surface area contributed by atoms with Crippen LogP contribution >= 0.6 is 24.0 Å². The molecule has 0 aromatic heterocycles. The Kier molecular flexibility index (Phi) is 9.68. The van der Waals surface area contributed by atoms with Gasteiger partial charge in [-0.1, -0.05) is 12.1 Å². The van der Waals surface area contributed by atoms with Gasteiger partial charge in [-0.15, -0.1) is 24.0 Å². The SMILES string of the molecule is CCNC(=NCC1(N(C)C)CCOCC1)N1CCN(c2cccc(C)c2C)CC1.I. The van der Waals surface area contributed by atoms with Crippen LogP contribution in [0.2, 0.25) is 0 Å². The lowest BCUT2D eigenvalue weighted by atomic mass is 9.89. The van der Waals surface area contributed by atoms with Gasteiger partial charge in [-0.3, -0.25) is 4.99 Å². The molecule has 0 bridgehead atoms. The summed E-state index contributed by atoms with van der Waals surface area (Å²) < 4.78 is 5.61. The topological polar surface area (TPSA) is 43.3 Å². The van der Waals surface area contributed by atoms with Gasteiger partial charge in [0, 0.05) is 57.2 Å². The van der Waals surface area contributed by atoms with Crippen LogP contribution < -0.4 is 10.2 Å². The summed E-state index contributed by atoms with van der Waals surface area (Å²) in [4.78, 5) is 12.4. The fraction of sp³-hybridized carbons (Fsp3) is 0.696. The molecule has 1 N–H and O–H groups in total. The third kappa shape index (κ3) is 5.79. The Morgan fingerprint density at radius 3 is 2.40 bits per heavy atom. The summed E-state index contributed by atoms with van der Waals surface area (Å²) in [6, 6.07) is 6.62. The zero-order valence-corrected chi connectivity index (χ0v) is 21.7. The Labute approximate surface area is 200 Å². The van der Waals surface area contributed by atoms with E-state index < -0.39 is 0 Å². The van der Waals surface area contributed by atoms with Crippen LogP contribution in [0.25, 0.3) is 0 Å². The molecule has 2 fully saturated rings. The van der Waals surface area contributed by atoms with E-state index in [2.05, 4.69) is 73.1 Å². The Morgan fingerprint density at radius 1 is 1.13 bits per heavy atom. The third-order valence-electron chi connectivity index (χ3n) is 6.73. The highest BCUT2D eigenvalue weighted by Crippen LogP contribution is 2.27. The summed E-state index contributed by atoms with van der Waals surface area (Å²) in [6.07, 6.45) is 2.09. The van der Waals surface area contributed by atoms with Gasteiger partial charge < -0.3 is 24.8 Å². The van der Waals surface area contributed by atoms with Gasteiger partial charge in [0.15, 0.2) is 5.96 Å². The van der Waals surface area contributed by atoms with Crippen LogP contribution in [0.15, 0.2) is 23.2 Å². The fourth-order valence-corrected chi connectivity index (χ4v) is 4.38. The van der Waals surface area contributed by atoms with Crippen molar-refractivity contribution in [2.24, 2.45) is 4.99 Å². The van der Waals surface area contributed by atoms with E-state index in [0.717, 1.165) is 71.3 Å². The molecule has 0 aliphatic carbocycles. The molecule has 1 aromatic carbocycles. The number of guanidine groups is 1. The number of likely N-dealkylation sites (N-methyl/N-ethyl adjacent to an activating group) is 1. The highest BCUT2D eigenvalue weighted by molar-refractivity contribution is 14.0. The van der Waals surface area contributed by atoms with Crippen molar-refractivity contribution in [3.63, 3.8) is 0 Å². The smallest absolute Gasteiger partial charge is 0.194 e. The Balaban J connectivity index is 0.00000320. The van der Waals surface area contributed by atoms with E-state index in [0.29, 0.717) is 0 Å². The number of nitrogens with zero attached hydrogens (tertiary/aromatic N) is 4. The molecule has 0 radical (unpaired) electrons. The van der Waals surface area contributed by atoms with Crippen LogP contribution in [-0.4, -0.2) is 87.9 Å². The van der Waals surface area contributed by atoms with Crippen LogP contribution in [0.1, 0.15) is 30.9 Å². The molecule has 0 unspecified atom stereocenters. The molecule has 2 aliphatic heterocycles. The van der Waals surface area contributed by atoms with Crippen molar-refractivity contribution < 1.29 is 4.74 Å². The monoisotopic (exact) mass is 529 g/mol. The van der Waals surface area contributed by atoms with Gasteiger partial charge in [0.05, 0.1) is 6.54 Å². The molecule has 0 spiro atoms. The fourth-order valence-electron chi connectivity index (χ4n) is 4.38. The molecule has 0 atom stereocenters. The molecular formula is C23H40IN5O. The van der Waals surface area contributed by atoms with Crippen LogP contribution in [-0.2, 0) is 4.74 Å². The van der Waals surface area contributed by atoms with Crippen molar-refractivity contribution in [2.75, 3.05) is 71.5 Å². The van der Waals surface area contributed by atoms with Gasteiger partial charge in [0.2, 0.25) is 0 Å². The van der Waals surface area contributed by atoms with Gasteiger partial charge in [0.25, 0.3) is 0 Å². The molecular weight excluding hydrogens is 489 g/mol. The number of nitrogens with one attached hydrogen (secondary N) is 1. The van der Waals surface area contributed by atoms with E-state index in [1.807, 2.05) is 0 Å². The first-order chi connectivity index (χ1) is 14.0. The predicted octanol–water partition coefficient (Wildman–Crippen LogP) is 3.12. The second-order valence-corrected chi connectivity index (χ2v) is 8.59. The molecule has 1 aromatic rings. The zero-order chi connectivity index (χ0) is 20.9. The maximum Gasteiger partial charge on any atom is 0.194 e. The maximum atomic E-state index is 5.61. The van der Waals surface area contributed by atoms with E-state index in [1.54, 1.807) is 0 Å². The van der Waals surface area contributed by atoms with Crippen LogP contribution in [0.4, 0.5) is 5.69 Å². The van der Waals surface area contributed by atoms with E-state index >= 15 is 0 Å². The number of benzene rings is 1. The molecule has 6 nitrogen and oxygen atoms in total. The first kappa shape index (κ1) is 25.2. The number of hydrogen-bond donors (Lipinski definition) is 1. The molecule has 3 rings (SSSR count). The van der Waals surface area contributed by atoms with Crippen LogP contribution in [0, 0.1) is 13.8 Å². The highest BCUT2D eigenvalue weighted by Gasteiger charge is 2.35. The second-order valence-electron chi connectivity index (χ2n) is 8.59. The lowest BCUT2D eigenvalue weighted by Gasteiger charge is -2.42. The van der Waals surface area contributed by atoms with Crippen LogP contribution in [0.3, 0.4) is 0 Å². The average Bonchev–Trinajstić information content (AvgIpc) is 2.74. The number of piperazine rings is 1. The Morgan fingerprint density at radius 2 is 1.80 bits per heavy atom. The molecule has 0 saturated carbocycles. The molecule has 30 heavy (non-hydrogen) atoms. The van der Waals surface area contributed by atoms with E-state index in [9.17, 15) is 0 Å². The minimum Gasteiger partial charge on any atom is -0.381 e. The molecule has 2 heterocycles. The zero-order valence-electron chi connectivity index (χ0n) is 19.4. The summed E-state index contributed by atoms with van der Waals surface area (Å²) in [5.74, 6) is 1.06. The molecule has 2 saturated heterocycles. The van der Waals surface area contributed by atoms with Gasteiger partial charge in [0.1, 0.15) is 0 Å². The number of aryl methyl sites for hydroxylation is 1. The van der Waals surface area contributed by atoms with Crippen molar-refractivity contribution in [3.8, 4) is 0 Å². The van der Waals surface area contributed by atoms with Crippen LogP contribution in [0.5, 0.6) is 0 Å². The lowest BCUT2D eigenvalue weighted by Crippen LogP contribution is -2.54. The summed E-state index contributed by atoms with van der Waals surface area (Å²) in [5.41, 5.74) is 4.25. The van der Waals surface area contributed by atoms with Crippen molar-refractivity contribution in [3.05, 3.63) is 29.3 Å². The normalized spacial score (nSPS) is 19.6. The summed E-state index contributed by atoms with van der Waals surface area (Å²) in [6.45, 7) is 14.0. The van der Waals surface area contributed by atoms with Gasteiger partial charge >= 0.3 is 0 Å². The average molecular weight is 530 g/mol. The minimum absolute atomic E-state index is 0. The quantitative estimate of drug-likeness (QED) is 0.361. The van der Waals surface area contributed by atoms with Crippen molar-refractivity contribution in [2.45, 2.75) is 39.2 Å². The van der Waals surface area contributed by atoms with E-state index in [1.165, 1.54) is 16.8 Å². The molecule has 2 aliphatic rings. The summed E-state index contributed by atoms with van der Waals surface area (Å²) in [7, 11) is 4.35. The Bertz CT molecular complexity index is 695. The van der Waals surface area contributed by atoms with E-state index in [4.69, 9.17) is 9.73 Å². The summed E-state index contributed by atoms with van der Waals surface area (Å²) >= 11 is 0. The van der Waals surface area contributed by atoms with Gasteiger partial charge in [-0.25, -0.2) is 0 Å². The van der Waals surface area contributed by atoms with E-state index in [-0.39, 0.29) is 29.5 Å². The molecule has 170 valence electrons. The second kappa shape index (κ2) is 11.5. The molecule has 7 heteroatoms. The third-order valence-corrected chi connectivity index (χ3v) is 6.73. The first-order valence-electron chi connectivity index (χ1n) is 11.1. The predicted molar refractivity (Wildman–Crippen MR) is 138 cm³/mol. The lowest BCUT2D eigenvalue weighted by molar-refractivity contribution is -0.00264. The number of halogens is 1. The maximum absolute atomic E-state index is 5.61. The largest absolute Gasteiger partial charge is 0.381 e. The number of rotatable bonds is 5. The summed E-state index contributed by atoms with van der Waals surface area (Å²) in [5, 5.41) is 3.53. The van der Waals surface area contributed by atoms with Crippen molar-refractivity contribution >= 4 is 35.6 Å². The Hall–Kier alpha value is -1.06. The van der Waals surface area contributed by atoms with Crippen molar-refractivity contribution in [1.82, 2.24) is 15.1 Å². The van der Waals surface area contributed by atoms with Crippen molar-refractivity contribution in [1.29, 1.82) is 0 Å². The molecule has 0 amide bonds. The van der Waals surface area contributed by atoms with Gasteiger partial charge in [-0.2, -0.15) is 0 Å². The standard InChI is InChI=1S/C23H39N5O.HI/c1-6-24-22(25-18-23(26(4)5)10-16-29-17-11-23)28-14-12-27(13-15-28)21-9-7-8-19(2)20(21)3;/h7-9H,6,10-18H2,1-5H3,(H,24,25);1H. The highest BCUT2D eigenvalue weighted by atomic mass is 127. The number of aliphatic imine (C=N–C) groups is 1. The number of anilines is 1.